The molecule has 2 aromatic carbocycles. The molecule has 5 rings (SSSR count). The summed E-state index contributed by atoms with van der Waals surface area (Å²) in [5, 5.41) is 17.4. The van der Waals surface area contributed by atoms with Gasteiger partial charge in [0, 0.05) is 50.5 Å². The van der Waals surface area contributed by atoms with Gasteiger partial charge in [-0.25, -0.2) is 9.97 Å². The molecule has 3 heterocycles. The maximum absolute atomic E-state index is 12.9. The maximum Gasteiger partial charge on any atom is 0.253 e. The molecule has 4 aromatic rings. The summed E-state index contributed by atoms with van der Waals surface area (Å²) in [5.41, 5.74) is 3.07. The van der Waals surface area contributed by atoms with E-state index < -0.39 is 0 Å². The molecule has 2 aromatic heterocycles. The number of phenolic OH excluding ortho intramolecular Hbond substituents is 1. The monoisotopic (exact) mass is 557 g/mol. The van der Waals surface area contributed by atoms with Gasteiger partial charge in [-0.1, -0.05) is 23.2 Å². The summed E-state index contributed by atoms with van der Waals surface area (Å²) < 4.78 is 7.11. The highest BCUT2D eigenvalue weighted by Crippen LogP contribution is 2.29. The number of rotatable bonds is 10. The molecule has 0 bridgehead atoms. The van der Waals surface area contributed by atoms with Crippen LogP contribution in [0.1, 0.15) is 16.8 Å². The largest absolute Gasteiger partial charge is 0.506 e. The van der Waals surface area contributed by atoms with Gasteiger partial charge in [0.2, 0.25) is 0 Å². The van der Waals surface area contributed by atoms with E-state index in [9.17, 15) is 9.90 Å². The van der Waals surface area contributed by atoms with Crippen LogP contribution in [0.2, 0.25) is 10.3 Å². The number of halogens is 2. The molecule has 0 saturated carbocycles. The number of hydrogen-bond donors (Lipinski definition) is 4. The van der Waals surface area contributed by atoms with Crippen molar-refractivity contribution in [2.75, 3.05) is 51.3 Å². The average molecular weight is 558 g/mol. The summed E-state index contributed by atoms with van der Waals surface area (Å²) in [5.74, 6) is 0.327. The number of aromatic nitrogens is 4. The van der Waals surface area contributed by atoms with E-state index in [1.165, 1.54) is 6.07 Å². The van der Waals surface area contributed by atoms with E-state index in [2.05, 4.69) is 30.5 Å². The lowest BCUT2D eigenvalue weighted by Gasteiger charge is -2.26. The molecule has 0 unspecified atom stereocenters. The van der Waals surface area contributed by atoms with Crippen LogP contribution in [-0.4, -0.2) is 81.4 Å². The lowest BCUT2D eigenvalue weighted by atomic mass is 10.1. The minimum absolute atomic E-state index is 0.0309. The minimum atomic E-state index is -0.275. The Balaban J connectivity index is 1.21. The third-order valence-electron chi connectivity index (χ3n) is 6.48. The van der Waals surface area contributed by atoms with Crippen LogP contribution in [0, 0.1) is 0 Å². The Morgan fingerprint density at radius 3 is 2.61 bits per heavy atom. The van der Waals surface area contributed by atoms with Crippen molar-refractivity contribution in [2.24, 2.45) is 0 Å². The molecule has 1 fully saturated rings. The van der Waals surface area contributed by atoms with Gasteiger partial charge >= 0.3 is 0 Å². The van der Waals surface area contributed by atoms with Crippen LogP contribution in [0.5, 0.6) is 5.75 Å². The fourth-order valence-corrected chi connectivity index (χ4v) is 4.70. The molecule has 0 spiro atoms. The smallest absolute Gasteiger partial charge is 0.253 e. The Morgan fingerprint density at radius 2 is 1.87 bits per heavy atom. The van der Waals surface area contributed by atoms with Crippen LogP contribution in [0.15, 0.2) is 42.7 Å². The molecule has 12 heteroatoms. The number of nitrogens with one attached hydrogen (secondary N) is 3. The number of imidazole rings is 2. The first-order chi connectivity index (χ1) is 18.5. The lowest BCUT2D eigenvalue weighted by Crippen LogP contribution is -2.38. The second kappa shape index (κ2) is 12.0. The molecule has 1 aliphatic heterocycles. The number of H-pyrrole nitrogens is 1. The molecule has 0 radical (unpaired) electrons. The van der Waals surface area contributed by atoms with E-state index in [1.807, 2.05) is 24.3 Å². The standard InChI is InChI=1S/C26H29Cl2N7O3/c27-23-24(28)35(16-31-23)10-1-8-30-26(37)19-6-7-20(36)22-21(19)32-25(33-22)17-2-4-18(5-3-17)29-9-11-34-12-14-38-15-13-34/h2-7,16,29,36H,1,8-15H2,(H,30,37)(H,32,33). The lowest BCUT2D eigenvalue weighted by molar-refractivity contribution is 0.0398. The van der Waals surface area contributed by atoms with Crippen LogP contribution in [0.4, 0.5) is 5.69 Å². The van der Waals surface area contributed by atoms with Crippen LogP contribution in [0.3, 0.4) is 0 Å². The molecule has 1 aliphatic rings. The molecule has 0 atom stereocenters. The van der Waals surface area contributed by atoms with E-state index in [1.54, 1.807) is 17.0 Å². The second-order valence-corrected chi connectivity index (χ2v) is 9.74. The first-order valence-corrected chi connectivity index (χ1v) is 13.3. The summed E-state index contributed by atoms with van der Waals surface area (Å²) in [6.45, 7) is 6.32. The van der Waals surface area contributed by atoms with E-state index >= 15 is 0 Å². The summed E-state index contributed by atoms with van der Waals surface area (Å²) in [6.07, 6.45) is 2.20. The first-order valence-electron chi connectivity index (χ1n) is 12.5. The van der Waals surface area contributed by atoms with Gasteiger partial charge in [-0.3, -0.25) is 9.69 Å². The highest BCUT2D eigenvalue weighted by Gasteiger charge is 2.17. The van der Waals surface area contributed by atoms with Gasteiger partial charge in [-0.2, -0.15) is 0 Å². The Morgan fingerprint density at radius 1 is 1.08 bits per heavy atom. The van der Waals surface area contributed by atoms with Crippen LogP contribution >= 0.6 is 23.2 Å². The van der Waals surface area contributed by atoms with Gasteiger partial charge in [0.25, 0.3) is 5.91 Å². The van der Waals surface area contributed by atoms with Crippen LogP contribution in [-0.2, 0) is 11.3 Å². The van der Waals surface area contributed by atoms with Crippen LogP contribution in [0.25, 0.3) is 22.4 Å². The minimum Gasteiger partial charge on any atom is -0.506 e. The number of amides is 1. The van der Waals surface area contributed by atoms with Crippen LogP contribution < -0.4 is 10.6 Å². The van der Waals surface area contributed by atoms with E-state index in [-0.39, 0.29) is 16.8 Å². The number of morpholine rings is 1. The average Bonchev–Trinajstić information content (AvgIpc) is 3.52. The molecular weight excluding hydrogens is 529 g/mol. The zero-order chi connectivity index (χ0) is 26.5. The number of ether oxygens (including phenoxy) is 1. The predicted octanol–water partition coefficient (Wildman–Crippen LogP) is 4.00. The normalized spacial score (nSPS) is 14.2. The molecule has 10 nitrogen and oxygen atoms in total. The van der Waals surface area contributed by atoms with E-state index in [4.69, 9.17) is 27.9 Å². The Bertz CT molecular complexity index is 1400. The van der Waals surface area contributed by atoms with Gasteiger partial charge in [-0.05, 0) is 42.8 Å². The molecule has 1 saturated heterocycles. The molecule has 38 heavy (non-hydrogen) atoms. The van der Waals surface area contributed by atoms with Crippen molar-refractivity contribution in [3.63, 3.8) is 0 Å². The Hall–Kier alpha value is -3.31. The summed E-state index contributed by atoms with van der Waals surface area (Å²) in [6, 6.07) is 11.0. The van der Waals surface area contributed by atoms with Crippen molar-refractivity contribution in [1.82, 2.24) is 29.7 Å². The first kappa shape index (κ1) is 26.3. The number of carbonyl (C=O) groups excluding carboxylic acids is 1. The van der Waals surface area contributed by atoms with Crippen molar-refractivity contribution in [3.8, 4) is 17.1 Å². The number of aromatic hydroxyl groups is 1. The number of benzene rings is 2. The summed E-state index contributed by atoms with van der Waals surface area (Å²) >= 11 is 11.9. The third-order valence-corrected chi connectivity index (χ3v) is 7.25. The van der Waals surface area contributed by atoms with Crippen molar-refractivity contribution in [3.05, 3.63) is 58.6 Å². The zero-order valence-corrected chi connectivity index (χ0v) is 22.2. The fraction of sp³-hybridized carbons (Fsp3) is 0.346. The molecule has 1 amide bonds. The molecule has 0 aliphatic carbocycles. The molecule has 200 valence electrons. The zero-order valence-electron chi connectivity index (χ0n) is 20.7. The number of fused-ring (bicyclic) bond motifs is 1. The van der Waals surface area contributed by atoms with E-state index in [0.717, 1.165) is 50.6 Å². The maximum atomic E-state index is 12.9. The molecular formula is C26H29Cl2N7O3. The van der Waals surface area contributed by atoms with Gasteiger partial charge in [0.1, 0.15) is 27.8 Å². The van der Waals surface area contributed by atoms with Gasteiger partial charge in [0.05, 0.1) is 25.1 Å². The number of phenols is 1. The van der Waals surface area contributed by atoms with Crippen molar-refractivity contribution < 1.29 is 14.6 Å². The Labute approximate surface area is 229 Å². The van der Waals surface area contributed by atoms with Crippen molar-refractivity contribution in [1.29, 1.82) is 0 Å². The SMILES string of the molecule is O=C(NCCCn1cnc(Cl)c1Cl)c1ccc(O)c2[nH]c(-c3ccc(NCCN4CCOCC4)cc3)nc12. The molecule has 4 N–H and O–H groups in total. The number of aromatic amines is 1. The fourth-order valence-electron chi connectivity index (χ4n) is 4.37. The summed E-state index contributed by atoms with van der Waals surface area (Å²) in [4.78, 5) is 27.1. The number of nitrogens with zero attached hydrogens (tertiary/aromatic N) is 4. The second-order valence-electron chi connectivity index (χ2n) is 9.03. The summed E-state index contributed by atoms with van der Waals surface area (Å²) in [7, 11) is 0. The quantitative estimate of drug-likeness (QED) is 0.217. The van der Waals surface area contributed by atoms with Gasteiger partial charge in [-0.15, -0.1) is 0 Å². The van der Waals surface area contributed by atoms with Gasteiger partial charge < -0.3 is 30.0 Å². The van der Waals surface area contributed by atoms with E-state index in [0.29, 0.717) is 47.1 Å². The number of hydrogen-bond acceptors (Lipinski definition) is 7. The highest BCUT2D eigenvalue weighted by atomic mass is 35.5. The van der Waals surface area contributed by atoms with Crippen molar-refractivity contribution in [2.45, 2.75) is 13.0 Å². The number of carbonyl (C=O) groups is 1. The number of anilines is 1. The third kappa shape index (κ3) is 6.05. The Kier molecular flexibility index (Phi) is 8.33. The van der Waals surface area contributed by atoms with Crippen molar-refractivity contribution >= 4 is 45.8 Å². The van der Waals surface area contributed by atoms with Gasteiger partial charge in [0.15, 0.2) is 5.15 Å². The number of aryl methyl sites for hydroxylation is 1. The predicted molar refractivity (Wildman–Crippen MR) is 148 cm³/mol. The highest BCUT2D eigenvalue weighted by molar-refractivity contribution is 6.40. The topological polar surface area (TPSA) is 120 Å².